The van der Waals surface area contributed by atoms with E-state index in [0.29, 0.717) is 6.42 Å². The van der Waals surface area contributed by atoms with Crippen LogP contribution in [0.2, 0.25) is 0 Å². The highest BCUT2D eigenvalue weighted by Gasteiger charge is 2.46. The molecule has 2 N–H and O–H groups in total. The van der Waals surface area contributed by atoms with Gasteiger partial charge in [-0.25, -0.2) is 0 Å². The summed E-state index contributed by atoms with van der Waals surface area (Å²) >= 11 is 0. The van der Waals surface area contributed by atoms with Crippen LogP contribution >= 0.6 is 0 Å². The number of piperidine rings is 1. The van der Waals surface area contributed by atoms with E-state index >= 15 is 0 Å². The Morgan fingerprint density at radius 3 is 2.61 bits per heavy atom. The van der Waals surface area contributed by atoms with E-state index in [1.54, 1.807) is 7.11 Å². The van der Waals surface area contributed by atoms with Gasteiger partial charge in [0.2, 0.25) is 5.91 Å². The number of carbonyl (C=O) groups is 1. The first-order valence-electron chi connectivity index (χ1n) is 11.4. The second kappa shape index (κ2) is 9.41. The van der Waals surface area contributed by atoms with Gasteiger partial charge < -0.3 is 15.2 Å². The Balaban J connectivity index is 1.65. The van der Waals surface area contributed by atoms with Crippen molar-refractivity contribution in [2.24, 2.45) is 5.92 Å². The summed E-state index contributed by atoms with van der Waals surface area (Å²) in [6.45, 7) is 3.34. The van der Waals surface area contributed by atoms with E-state index < -0.39 is 5.60 Å². The molecular formula is C26H34N2O3. The van der Waals surface area contributed by atoms with Crippen molar-refractivity contribution in [3.05, 3.63) is 65.7 Å². The number of methoxy groups -OCH3 is 1. The number of hydrogen-bond donors (Lipinski definition) is 2. The maximum absolute atomic E-state index is 13.1. The lowest BCUT2D eigenvalue weighted by Gasteiger charge is -2.49. The molecule has 2 aromatic carbocycles. The fourth-order valence-electron chi connectivity index (χ4n) is 5.15. The van der Waals surface area contributed by atoms with Gasteiger partial charge in [-0.05, 0) is 49.4 Å². The van der Waals surface area contributed by atoms with Crippen molar-refractivity contribution in [2.45, 2.75) is 63.3 Å². The summed E-state index contributed by atoms with van der Waals surface area (Å²) in [6, 6.07) is 17.9. The lowest BCUT2D eigenvalue weighted by Crippen LogP contribution is -2.62. The van der Waals surface area contributed by atoms with Crippen molar-refractivity contribution < 1.29 is 14.6 Å². The van der Waals surface area contributed by atoms with E-state index in [1.807, 2.05) is 37.3 Å². The Morgan fingerprint density at radius 1 is 1.16 bits per heavy atom. The van der Waals surface area contributed by atoms with E-state index in [4.69, 9.17) is 4.74 Å². The van der Waals surface area contributed by atoms with Crippen molar-refractivity contribution in [3.8, 4) is 5.75 Å². The van der Waals surface area contributed by atoms with Crippen LogP contribution in [-0.4, -0.2) is 41.2 Å². The molecule has 2 fully saturated rings. The molecule has 0 aromatic heterocycles. The zero-order chi connectivity index (χ0) is 21.8. The number of ether oxygens (including phenoxy) is 1. The fraction of sp³-hybridized carbons (Fsp3) is 0.500. The number of benzene rings is 2. The highest BCUT2D eigenvalue weighted by atomic mass is 16.5. The highest BCUT2D eigenvalue weighted by molar-refractivity contribution is 5.79. The molecule has 2 aliphatic rings. The number of aliphatic hydroxyl groups is 1. The Kier molecular flexibility index (Phi) is 6.63. The molecule has 3 atom stereocenters. The van der Waals surface area contributed by atoms with Crippen LogP contribution < -0.4 is 10.1 Å². The number of amides is 1. The quantitative estimate of drug-likeness (QED) is 0.737. The molecule has 0 bridgehead atoms. The van der Waals surface area contributed by atoms with Gasteiger partial charge >= 0.3 is 0 Å². The molecule has 1 saturated carbocycles. The Labute approximate surface area is 185 Å². The predicted octanol–water partition coefficient (Wildman–Crippen LogP) is 4.07. The number of hydrogen-bond acceptors (Lipinski definition) is 4. The molecular weight excluding hydrogens is 388 g/mol. The third-order valence-electron chi connectivity index (χ3n) is 6.97. The van der Waals surface area contributed by atoms with E-state index in [9.17, 15) is 9.90 Å². The topological polar surface area (TPSA) is 61.8 Å². The van der Waals surface area contributed by atoms with Crippen LogP contribution in [0.1, 0.15) is 56.2 Å². The normalized spacial score (nSPS) is 27.2. The van der Waals surface area contributed by atoms with Gasteiger partial charge in [0.15, 0.2) is 0 Å². The van der Waals surface area contributed by atoms with Crippen LogP contribution in [0.15, 0.2) is 54.6 Å². The van der Waals surface area contributed by atoms with Crippen LogP contribution in [0.4, 0.5) is 0 Å². The van der Waals surface area contributed by atoms with Gasteiger partial charge in [-0.2, -0.15) is 0 Å². The third-order valence-corrected chi connectivity index (χ3v) is 6.97. The Hall–Kier alpha value is -2.37. The molecule has 4 rings (SSSR count). The summed E-state index contributed by atoms with van der Waals surface area (Å²) in [6.07, 6.45) is 4.73. The van der Waals surface area contributed by atoms with Crippen molar-refractivity contribution in [1.82, 2.24) is 10.2 Å². The predicted molar refractivity (Wildman–Crippen MR) is 122 cm³/mol. The molecule has 1 aliphatic carbocycles. The summed E-state index contributed by atoms with van der Waals surface area (Å²) in [4.78, 5) is 15.4. The zero-order valence-corrected chi connectivity index (χ0v) is 18.6. The number of nitrogens with one attached hydrogen (secondary N) is 1. The van der Waals surface area contributed by atoms with Crippen LogP contribution in [0.5, 0.6) is 5.75 Å². The van der Waals surface area contributed by atoms with Gasteiger partial charge in [0.05, 0.1) is 24.8 Å². The molecule has 31 heavy (non-hydrogen) atoms. The van der Waals surface area contributed by atoms with Gasteiger partial charge in [0.25, 0.3) is 0 Å². The molecule has 1 saturated heterocycles. The smallest absolute Gasteiger partial charge is 0.223 e. The first-order chi connectivity index (χ1) is 15.0. The molecule has 0 spiro atoms. The molecule has 2 aromatic rings. The number of carbonyl (C=O) groups excluding carboxylic acids is 1. The monoisotopic (exact) mass is 422 g/mol. The van der Waals surface area contributed by atoms with Crippen LogP contribution in [0, 0.1) is 5.92 Å². The lowest BCUT2D eigenvalue weighted by molar-refractivity contribution is -0.132. The molecule has 0 radical (unpaired) electrons. The van der Waals surface area contributed by atoms with Crippen molar-refractivity contribution in [3.63, 3.8) is 0 Å². The van der Waals surface area contributed by atoms with Crippen LogP contribution in [-0.2, 0) is 11.3 Å². The van der Waals surface area contributed by atoms with Crippen molar-refractivity contribution >= 4 is 5.91 Å². The van der Waals surface area contributed by atoms with Gasteiger partial charge in [-0.3, -0.25) is 9.69 Å². The largest absolute Gasteiger partial charge is 0.497 e. The van der Waals surface area contributed by atoms with Crippen molar-refractivity contribution in [1.29, 1.82) is 0 Å². The first-order valence-corrected chi connectivity index (χ1v) is 11.4. The van der Waals surface area contributed by atoms with E-state index in [-0.39, 0.29) is 23.9 Å². The molecule has 1 amide bonds. The average molecular weight is 423 g/mol. The Morgan fingerprint density at radius 2 is 1.90 bits per heavy atom. The molecule has 5 nitrogen and oxygen atoms in total. The van der Waals surface area contributed by atoms with Crippen molar-refractivity contribution in [2.75, 3.05) is 13.7 Å². The number of rotatable bonds is 6. The summed E-state index contributed by atoms with van der Waals surface area (Å²) < 4.78 is 5.40. The average Bonchev–Trinajstić information content (AvgIpc) is 3.32. The number of nitrogens with zero attached hydrogens (tertiary/aromatic N) is 1. The third kappa shape index (κ3) is 4.94. The van der Waals surface area contributed by atoms with Gasteiger partial charge in [0.1, 0.15) is 5.75 Å². The molecule has 0 unspecified atom stereocenters. The van der Waals surface area contributed by atoms with E-state index in [1.165, 1.54) is 0 Å². The van der Waals surface area contributed by atoms with Crippen LogP contribution in [0.3, 0.4) is 0 Å². The second-order valence-corrected chi connectivity index (χ2v) is 9.25. The maximum atomic E-state index is 13.1. The minimum absolute atomic E-state index is 0.0704. The number of likely N-dealkylation sites (tertiary alicyclic amines) is 1. The molecule has 1 heterocycles. The summed E-state index contributed by atoms with van der Waals surface area (Å²) in [5, 5.41) is 14.6. The molecule has 166 valence electrons. The molecule has 5 heteroatoms. The highest BCUT2D eigenvalue weighted by Crippen LogP contribution is 2.38. The van der Waals surface area contributed by atoms with Gasteiger partial charge in [0, 0.05) is 19.0 Å². The minimum Gasteiger partial charge on any atom is -0.497 e. The zero-order valence-electron chi connectivity index (χ0n) is 18.6. The van der Waals surface area contributed by atoms with Gasteiger partial charge in [-0.1, -0.05) is 55.3 Å². The molecule has 1 aliphatic heterocycles. The Bertz CT molecular complexity index is 877. The minimum atomic E-state index is -0.973. The maximum Gasteiger partial charge on any atom is 0.223 e. The fourth-order valence-corrected chi connectivity index (χ4v) is 5.15. The lowest BCUT2D eigenvalue weighted by atomic mass is 9.79. The standard InChI is InChI=1S/C26H34N2O3/c1-26(30)15-16-28(18-19-9-8-14-22(17-19)31-2)23(20-10-4-3-5-11-20)24(26)27-25(29)21-12-6-7-13-21/h3-5,8-11,14,17,21,23-24,30H,6-7,12-13,15-16,18H2,1-2H3,(H,27,29)/t23-,24-,26+/m0/s1. The van der Waals surface area contributed by atoms with E-state index in [2.05, 4.69) is 34.5 Å². The van der Waals surface area contributed by atoms with E-state index in [0.717, 1.165) is 55.6 Å². The summed E-state index contributed by atoms with van der Waals surface area (Å²) in [7, 11) is 1.68. The van der Waals surface area contributed by atoms with Gasteiger partial charge in [-0.15, -0.1) is 0 Å². The van der Waals surface area contributed by atoms with Crippen LogP contribution in [0.25, 0.3) is 0 Å². The second-order valence-electron chi connectivity index (χ2n) is 9.25. The summed E-state index contributed by atoms with van der Waals surface area (Å²) in [5.41, 5.74) is 1.30. The summed E-state index contributed by atoms with van der Waals surface area (Å²) in [5.74, 6) is 0.997. The SMILES string of the molecule is COc1cccc(CN2CC[C@@](C)(O)[C@@H](NC(=O)C3CCCC3)[C@@H]2c2ccccc2)c1. The first kappa shape index (κ1) is 21.8.